The van der Waals surface area contributed by atoms with Crippen LogP contribution in [0.4, 0.5) is 5.82 Å². The lowest BCUT2D eigenvalue weighted by Crippen LogP contribution is -2.22. The van der Waals surface area contributed by atoms with Crippen molar-refractivity contribution in [1.29, 1.82) is 0 Å². The summed E-state index contributed by atoms with van der Waals surface area (Å²) in [5.41, 5.74) is 1.19. The number of hydrogen-bond acceptors (Lipinski definition) is 3. The van der Waals surface area contributed by atoms with Gasteiger partial charge >= 0.3 is 0 Å². The molecule has 14 heavy (non-hydrogen) atoms. The third-order valence-electron chi connectivity index (χ3n) is 1.99. The normalized spacial score (nSPS) is 10.2. The van der Waals surface area contributed by atoms with Crippen molar-refractivity contribution in [2.75, 3.05) is 32.2 Å². The van der Waals surface area contributed by atoms with E-state index < -0.39 is 0 Å². The molecule has 0 aromatic carbocycles. The molecule has 0 aliphatic rings. The van der Waals surface area contributed by atoms with Gasteiger partial charge in [0.2, 0.25) is 0 Å². The molecule has 0 atom stereocenters. The van der Waals surface area contributed by atoms with E-state index in [2.05, 4.69) is 31.9 Å². The number of hydrogen-bond donors (Lipinski definition) is 0. The van der Waals surface area contributed by atoms with E-state index in [0.29, 0.717) is 0 Å². The van der Waals surface area contributed by atoms with Gasteiger partial charge in [-0.05, 0) is 11.6 Å². The van der Waals surface area contributed by atoms with Crippen LogP contribution in [0, 0.1) is 0 Å². The van der Waals surface area contributed by atoms with Crippen LogP contribution in [0.25, 0.3) is 0 Å². The smallest absolute Gasteiger partial charge is 0.128 e. The van der Waals surface area contributed by atoms with E-state index in [1.54, 1.807) is 7.11 Å². The van der Waals surface area contributed by atoms with Crippen LogP contribution >= 0.6 is 15.9 Å². The minimum absolute atomic E-state index is 0.721. The zero-order valence-electron chi connectivity index (χ0n) is 8.53. The van der Waals surface area contributed by atoms with Crippen molar-refractivity contribution in [3.05, 3.63) is 23.9 Å². The van der Waals surface area contributed by atoms with E-state index in [-0.39, 0.29) is 0 Å². The van der Waals surface area contributed by atoms with Gasteiger partial charge in [-0.3, -0.25) is 0 Å². The number of pyridine rings is 1. The largest absolute Gasteiger partial charge is 0.383 e. The quantitative estimate of drug-likeness (QED) is 0.757. The summed E-state index contributed by atoms with van der Waals surface area (Å²) >= 11 is 3.39. The minimum Gasteiger partial charge on any atom is -0.383 e. The first-order chi connectivity index (χ1) is 6.77. The summed E-state index contributed by atoms with van der Waals surface area (Å²) in [6, 6.07) is 4.09. The molecule has 0 aliphatic carbocycles. The lowest BCUT2D eigenvalue weighted by atomic mass is 10.3. The number of halogens is 1. The van der Waals surface area contributed by atoms with Gasteiger partial charge in [-0.15, -0.1) is 0 Å². The average molecular weight is 259 g/mol. The molecule has 0 bridgehead atoms. The molecule has 0 saturated carbocycles. The fourth-order valence-electron chi connectivity index (χ4n) is 1.06. The van der Waals surface area contributed by atoms with Crippen molar-refractivity contribution in [3.8, 4) is 0 Å². The molecule has 1 aromatic heterocycles. The minimum atomic E-state index is 0.721. The van der Waals surface area contributed by atoms with Gasteiger partial charge in [0, 0.05) is 32.2 Å². The maximum atomic E-state index is 5.00. The summed E-state index contributed by atoms with van der Waals surface area (Å²) < 4.78 is 5.00. The number of alkyl halides is 1. The fourth-order valence-corrected chi connectivity index (χ4v) is 1.40. The van der Waals surface area contributed by atoms with Gasteiger partial charge < -0.3 is 9.64 Å². The summed E-state index contributed by atoms with van der Waals surface area (Å²) in [7, 11) is 3.71. The van der Waals surface area contributed by atoms with E-state index in [9.17, 15) is 0 Å². The predicted octanol–water partition coefficient (Wildman–Crippen LogP) is 2.06. The maximum Gasteiger partial charge on any atom is 0.128 e. The Morgan fingerprint density at radius 1 is 1.50 bits per heavy atom. The highest BCUT2D eigenvalue weighted by Gasteiger charge is 2.01. The molecule has 0 fully saturated rings. The molecule has 4 heteroatoms. The first-order valence-electron chi connectivity index (χ1n) is 4.49. The summed E-state index contributed by atoms with van der Waals surface area (Å²) in [4.78, 5) is 6.41. The van der Waals surface area contributed by atoms with Gasteiger partial charge in [-0.2, -0.15) is 0 Å². The van der Waals surface area contributed by atoms with Crippen molar-refractivity contribution in [1.82, 2.24) is 4.98 Å². The Hall–Kier alpha value is -0.610. The topological polar surface area (TPSA) is 25.4 Å². The third-order valence-corrected chi connectivity index (χ3v) is 2.63. The molecular formula is C10H15BrN2O. The summed E-state index contributed by atoms with van der Waals surface area (Å²) in [6.07, 6.45) is 1.88. The number of likely N-dealkylation sites (N-methyl/N-ethyl adjacent to an activating group) is 1. The van der Waals surface area contributed by atoms with Crippen LogP contribution < -0.4 is 4.90 Å². The second kappa shape index (κ2) is 5.98. The van der Waals surface area contributed by atoms with Crippen LogP contribution in [0.15, 0.2) is 18.3 Å². The Balaban J connectivity index is 2.57. The van der Waals surface area contributed by atoms with Crippen LogP contribution in [0.5, 0.6) is 0 Å². The van der Waals surface area contributed by atoms with Crippen LogP contribution in [0.3, 0.4) is 0 Å². The standard InChI is InChI=1S/C10H15BrN2O/c1-13(5-6-14-2)10-4-3-9(7-11)8-12-10/h3-4,8H,5-7H2,1-2H3. The van der Waals surface area contributed by atoms with Crippen molar-refractivity contribution < 1.29 is 4.74 Å². The molecule has 78 valence electrons. The Bertz CT molecular complexity index is 263. The zero-order valence-corrected chi connectivity index (χ0v) is 10.1. The SMILES string of the molecule is COCCN(C)c1ccc(CBr)cn1. The predicted molar refractivity (Wildman–Crippen MR) is 62.0 cm³/mol. The van der Waals surface area contributed by atoms with Crippen LogP contribution in [-0.4, -0.2) is 32.3 Å². The van der Waals surface area contributed by atoms with E-state index in [4.69, 9.17) is 4.74 Å². The first kappa shape index (κ1) is 11.5. The fraction of sp³-hybridized carbons (Fsp3) is 0.500. The van der Waals surface area contributed by atoms with Gasteiger partial charge in [-0.25, -0.2) is 4.98 Å². The third kappa shape index (κ3) is 3.27. The molecule has 0 amide bonds. The van der Waals surface area contributed by atoms with E-state index in [1.807, 2.05) is 19.3 Å². The summed E-state index contributed by atoms with van der Waals surface area (Å²) in [5.74, 6) is 0.978. The number of methoxy groups -OCH3 is 1. The van der Waals surface area contributed by atoms with Crippen molar-refractivity contribution >= 4 is 21.7 Å². The molecule has 0 radical (unpaired) electrons. The molecule has 0 unspecified atom stereocenters. The van der Waals surface area contributed by atoms with Gasteiger partial charge in [-0.1, -0.05) is 22.0 Å². The van der Waals surface area contributed by atoms with Crippen molar-refractivity contribution in [2.24, 2.45) is 0 Å². The van der Waals surface area contributed by atoms with Gasteiger partial charge in [0.1, 0.15) is 5.82 Å². The highest BCUT2D eigenvalue weighted by Crippen LogP contribution is 2.10. The Morgan fingerprint density at radius 2 is 2.29 bits per heavy atom. The molecule has 1 heterocycles. The molecule has 0 spiro atoms. The molecule has 1 rings (SSSR count). The second-order valence-corrected chi connectivity index (χ2v) is 3.63. The number of rotatable bonds is 5. The van der Waals surface area contributed by atoms with Gasteiger partial charge in [0.05, 0.1) is 6.61 Å². The van der Waals surface area contributed by atoms with Gasteiger partial charge in [0.15, 0.2) is 0 Å². The highest BCUT2D eigenvalue weighted by molar-refractivity contribution is 9.08. The van der Waals surface area contributed by atoms with Crippen LogP contribution in [0.1, 0.15) is 5.56 Å². The number of nitrogens with zero attached hydrogens (tertiary/aromatic N) is 2. The second-order valence-electron chi connectivity index (χ2n) is 3.07. The molecule has 0 N–H and O–H groups in total. The maximum absolute atomic E-state index is 5.00. The molecule has 3 nitrogen and oxygen atoms in total. The Kier molecular flexibility index (Phi) is 4.90. The number of aromatic nitrogens is 1. The molecular weight excluding hydrogens is 244 g/mol. The monoisotopic (exact) mass is 258 g/mol. The number of ether oxygens (including phenoxy) is 1. The lowest BCUT2D eigenvalue weighted by molar-refractivity contribution is 0.206. The van der Waals surface area contributed by atoms with Crippen LogP contribution in [-0.2, 0) is 10.1 Å². The summed E-state index contributed by atoms with van der Waals surface area (Å²) in [5, 5.41) is 0.849. The Morgan fingerprint density at radius 3 is 2.79 bits per heavy atom. The summed E-state index contributed by atoms with van der Waals surface area (Å²) in [6.45, 7) is 1.58. The number of anilines is 1. The first-order valence-corrected chi connectivity index (χ1v) is 5.61. The lowest BCUT2D eigenvalue weighted by Gasteiger charge is -2.17. The van der Waals surface area contributed by atoms with E-state index in [0.717, 1.165) is 24.3 Å². The molecule has 0 aliphatic heterocycles. The Labute approximate surface area is 93.2 Å². The average Bonchev–Trinajstić information content (AvgIpc) is 2.26. The van der Waals surface area contributed by atoms with Crippen LogP contribution in [0.2, 0.25) is 0 Å². The zero-order chi connectivity index (χ0) is 10.4. The van der Waals surface area contributed by atoms with Crippen molar-refractivity contribution in [3.63, 3.8) is 0 Å². The van der Waals surface area contributed by atoms with E-state index >= 15 is 0 Å². The molecule has 1 aromatic rings. The highest BCUT2D eigenvalue weighted by atomic mass is 79.9. The van der Waals surface area contributed by atoms with Crippen molar-refractivity contribution in [2.45, 2.75) is 5.33 Å². The molecule has 0 saturated heterocycles. The van der Waals surface area contributed by atoms with E-state index in [1.165, 1.54) is 5.56 Å². The van der Waals surface area contributed by atoms with Gasteiger partial charge in [0.25, 0.3) is 0 Å².